The Bertz CT molecular complexity index is 1040. The maximum Gasteiger partial charge on any atom is 0.243 e. The highest BCUT2D eigenvalue weighted by molar-refractivity contribution is 7.89. The predicted octanol–water partition coefficient (Wildman–Crippen LogP) is 3.57. The molecule has 32 heavy (non-hydrogen) atoms. The predicted molar refractivity (Wildman–Crippen MR) is 122 cm³/mol. The number of methoxy groups -OCH3 is 1. The number of piperidine rings is 1. The number of hydrogen-bond acceptors (Lipinski definition) is 5. The van der Waals surface area contributed by atoms with Crippen LogP contribution in [0.5, 0.6) is 5.75 Å². The fraction of sp³-hybridized carbons (Fsp3) is 0.417. The average molecular weight is 459 g/mol. The monoisotopic (exact) mass is 458 g/mol. The fourth-order valence-corrected chi connectivity index (χ4v) is 5.39. The summed E-state index contributed by atoms with van der Waals surface area (Å²) >= 11 is 0. The van der Waals surface area contributed by atoms with Crippen molar-refractivity contribution in [2.24, 2.45) is 5.92 Å². The minimum absolute atomic E-state index is 0.0458. The molecule has 1 amide bonds. The third kappa shape index (κ3) is 5.37. The number of nitrogens with one attached hydrogen (secondary N) is 1. The first-order valence-corrected chi connectivity index (χ1v) is 12.3. The van der Waals surface area contributed by atoms with Gasteiger partial charge < -0.3 is 10.1 Å². The van der Waals surface area contributed by atoms with Crippen LogP contribution in [-0.4, -0.2) is 44.6 Å². The van der Waals surface area contributed by atoms with Gasteiger partial charge in [-0.05, 0) is 56.0 Å². The summed E-state index contributed by atoms with van der Waals surface area (Å²) in [6, 6.07) is 13.5. The van der Waals surface area contributed by atoms with Crippen LogP contribution in [0.1, 0.15) is 55.1 Å². The molecule has 8 heteroatoms. The number of ketones is 1. The van der Waals surface area contributed by atoms with E-state index in [1.54, 1.807) is 7.11 Å². The van der Waals surface area contributed by atoms with Crippen LogP contribution in [0.15, 0.2) is 53.4 Å². The molecular weight excluding hydrogens is 428 g/mol. The Balaban J connectivity index is 1.60. The molecule has 1 aliphatic rings. The third-order valence-corrected chi connectivity index (χ3v) is 7.88. The highest BCUT2D eigenvalue weighted by Gasteiger charge is 2.32. The second kappa shape index (κ2) is 10.3. The molecule has 1 N–H and O–H groups in total. The molecule has 2 aromatic rings. The molecule has 172 valence electrons. The van der Waals surface area contributed by atoms with Gasteiger partial charge in [0.1, 0.15) is 5.75 Å². The molecule has 2 aromatic carbocycles. The van der Waals surface area contributed by atoms with Crippen LogP contribution >= 0.6 is 0 Å². The molecule has 0 spiro atoms. The molecule has 1 atom stereocenters. The van der Waals surface area contributed by atoms with Gasteiger partial charge in [0.2, 0.25) is 15.9 Å². The molecule has 1 fully saturated rings. The van der Waals surface area contributed by atoms with E-state index < -0.39 is 10.0 Å². The van der Waals surface area contributed by atoms with E-state index in [1.807, 2.05) is 31.2 Å². The normalized spacial score (nSPS) is 16.3. The number of rotatable bonds is 8. The van der Waals surface area contributed by atoms with Crippen molar-refractivity contribution in [2.75, 3.05) is 20.2 Å². The van der Waals surface area contributed by atoms with Crippen molar-refractivity contribution in [2.45, 2.75) is 44.0 Å². The van der Waals surface area contributed by atoms with Gasteiger partial charge in [0, 0.05) is 24.6 Å². The van der Waals surface area contributed by atoms with Gasteiger partial charge in [-0.3, -0.25) is 9.59 Å². The maximum atomic E-state index is 12.9. The Hall–Kier alpha value is -2.71. The zero-order valence-electron chi connectivity index (χ0n) is 18.7. The van der Waals surface area contributed by atoms with E-state index in [0.717, 1.165) is 17.7 Å². The van der Waals surface area contributed by atoms with Crippen LogP contribution in [0.4, 0.5) is 0 Å². The molecule has 1 aliphatic heterocycles. The van der Waals surface area contributed by atoms with Gasteiger partial charge in [-0.1, -0.05) is 31.2 Å². The maximum absolute atomic E-state index is 12.9. The Morgan fingerprint density at radius 2 is 1.66 bits per heavy atom. The Morgan fingerprint density at radius 3 is 2.16 bits per heavy atom. The molecular formula is C24H30N2O5S. The Labute approximate surface area is 189 Å². The number of amides is 1. The first-order chi connectivity index (χ1) is 15.3. The van der Waals surface area contributed by atoms with Crippen LogP contribution in [0.3, 0.4) is 0 Å². The van der Waals surface area contributed by atoms with E-state index in [4.69, 9.17) is 4.74 Å². The lowest BCUT2D eigenvalue weighted by molar-refractivity contribution is -0.126. The van der Waals surface area contributed by atoms with E-state index in [9.17, 15) is 18.0 Å². The van der Waals surface area contributed by atoms with Gasteiger partial charge in [0.25, 0.3) is 0 Å². The van der Waals surface area contributed by atoms with Crippen LogP contribution in [0.25, 0.3) is 0 Å². The molecule has 0 saturated carbocycles. The molecule has 0 bridgehead atoms. The van der Waals surface area contributed by atoms with Gasteiger partial charge in [-0.25, -0.2) is 8.42 Å². The summed E-state index contributed by atoms with van der Waals surface area (Å²) in [6.45, 7) is 4.03. The van der Waals surface area contributed by atoms with Gasteiger partial charge in [0.15, 0.2) is 5.78 Å². The van der Waals surface area contributed by atoms with Crippen molar-refractivity contribution < 1.29 is 22.7 Å². The molecule has 1 saturated heterocycles. The zero-order valence-corrected chi connectivity index (χ0v) is 19.5. The van der Waals surface area contributed by atoms with Crippen LogP contribution in [0, 0.1) is 5.92 Å². The lowest BCUT2D eigenvalue weighted by Crippen LogP contribution is -2.43. The number of ether oxygens (including phenoxy) is 1. The lowest BCUT2D eigenvalue weighted by atomic mass is 9.95. The van der Waals surface area contributed by atoms with Gasteiger partial charge in [0.05, 0.1) is 18.0 Å². The SMILES string of the molecule is CC[C@H](NC(=O)C1CCN(S(=O)(=O)c2ccc(C(C)=O)cc2)CC1)c1ccc(OC)cc1. The van der Waals surface area contributed by atoms with Crippen molar-refractivity contribution in [1.82, 2.24) is 9.62 Å². The third-order valence-electron chi connectivity index (χ3n) is 5.97. The summed E-state index contributed by atoms with van der Waals surface area (Å²) in [5.41, 5.74) is 1.48. The number of hydrogen-bond donors (Lipinski definition) is 1. The minimum Gasteiger partial charge on any atom is -0.497 e. The quantitative estimate of drug-likeness (QED) is 0.611. The van der Waals surface area contributed by atoms with Crippen LogP contribution in [0.2, 0.25) is 0 Å². The second-order valence-corrected chi connectivity index (χ2v) is 9.94. The molecule has 0 unspecified atom stereocenters. The number of nitrogens with zero attached hydrogens (tertiary/aromatic N) is 1. The fourth-order valence-electron chi connectivity index (χ4n) is 3.92. The summed E-state index contributed by atoms with van der Waals surface area (Å²) in [6.07, 6.45) is 1.69. The lowest BCUT2D eigenvalue weighted by Gasteiger charge is -2.31. The smallest absolute Gasteiger partial charge is 0.243 e. The summed E-state index contributed by atoms with van der Waals surface area (Å²) in [5, 5.41) is 3.11. The summed E-state index contributed by atoms with van der Waals surface area (Å²) in [4.78, 5) is 24.4. The van der Waals surface area contributed by atoms with Crippen molar-refractivity contribution in [3.8, 4) is 5.75 Å². The van der Waals surface area contributed by atoms with E-state index in [1.165, 1.54) is 35.5 Å². The van der Waals surface area contributed by atoms with E-state index in [2.05, 4.69) is 5.32 Å². The van der Waals surface area contributed by atoms with Crippen LogP contribution in [-0.2, 0) is 14.8 Å². The van der Waals surface area contributed by atoms with Gasteiger partial charge >= 0.3 is 0 Å². The molecule has 3 rings (SSSR count). The first-order valence-electron chi connectivity index (χ1n) is 10.8. The highest BCUT2D eigenvalue weighted by atomic mass is 32.2. The largest absolute Gasteiger partial charge is 0.497 e. The average Bonchev–Trinajstić information content (AvgIpc) is 2.82. The van der Waals surface area contributed by atoms with Crippen molar-refractivity contribution >= 4 is 21.7 Å². The van der Waals surface area contributed by atoms with E-state index >= 15 is 0 Å². The zero-order chi connectivity index (χ0) is 23.3. The number of benzene rings is 2. The summed E-state index contributed by atoms with van der Waals surface area (Å²) in [7, 11) is -2.04. The first kappa shape index (κ1) is 23.9. The van der Waals surface area contributed by atoms with E-state index in [0.29, 0.717) is 18.4 Å². The topological polar surface area (TPSA) is 92.8 Å². The number of Topliss-reactive ketones (excluding diaryl/α,β-unsaturated/α-hetero) is 1. The molecule has 7 nitrogen and oxygen atoms in total. The second-order valence-electron chi connectivity index (χ2n) is 8.00. The van der Waals surface area contributed by atoms with Crippen molar-refractivity contribution in [3.63, 3.8) is 0 Å². The Morgan fingerprint density at radius 1 is 1.06 bits per heavy atom. The van der Waals surface area contributed by atoms with Crippen molar-refractivity contribution in [3.05, 3.63) is 59.7 Å². The molecule has 0 aliphatic carbocycles. The van der Waals surface area contributed by atoms with Gasteiger partial charge in [-0.15, -0.1) is 0 Å². The van der Waals surface area contributed by atoms with Gasteiger partial charge in [-0.2, -0.15) is 4.31 Å². The molecule has 1 heterocycles. The number of carbonyl (C=O) groups is 2. The minimum atomic E-state index is -3.65. The number of carbonyl (C=O) groups excluding carboxylic acids is 2. The number of sulfonamides is 1. The van der Waals surface area contributed by atoms with E-state index in [-0.39, 0.29) is 41.6 Å². The highest BCUT2D eigenvalue weighted by Crippen LogP contribution is 2.26. The molecule has 0 aromatic heterocycles. The standard InChI is InChI=1S/C24H30N2O5S/c1-4-23(19-5-9-21(31-3)10-6-19)25-24(28)20-13-15-26(16-14-20)32(29,30)22-11-7-18(8-12-22)17(2)27/h5-12,20,23H,4,13-16H2,1-3H3,(H,25,28)/t23-/m0/s1. The Kier molecular flexibility index (Phi) is 7.69. The van der Waals surface area contributed by atoms with Crippen LogP contribution < -0.4 is 10.1 Å². The molecule has 0 radical (unpaired) electrons. The summed E-state index contributed by atoms with van der Waals surface area (Å²) in [5.74, 6) is 0.379. The van der Waals surface area contributed by atoms with Crippen molar-refractivity contribution in [1.29, 1.82) is 0 Å². The summed E-state index contributed by atoms with van der Waals surface area (Å²) < 4.78 is 32.5.